The number of para-hydroxylation sites is 2. The molecule has 0 fully saturated rings. The summed E-state index contributed by atoms with van der Waals surface area (Å²) < 4.78 is 8.23. The highest BCUT2D eigenvalue weighted by Crippen LogP contribution is 2.28. The lowest BCUT2D eigenvalue weighted by Gasteiger charge is -2.11. The van der Waals surface area contributed by atoms with Gasteiger partial charge in [0.15, 0.2) is 0 Å². The Balaban J connectivity index is 1.65. The van der Waals surface area contributed by atoms with E-state index in [9.17, 15) is 0 Å². The van der Waals surface area contributed by atoms with Crippen molar-refractivity contribution in [3.8, 4) is 5.75 Å². The number of imidazole rings is 1. The van der Waals surface area contributed by atoms with Crippen LogP contribution in [0.5, 0.6) is 5.75 Å². The predicted molar refractivity (Wildman–Crippen MR) is 119 cm³/mol. The van der Waals surface area contributed by atoms with Crippen molar-refractivity contribution in [2.75, 3.05) is 0 Å². The molecule has 0 atom stereocenters. The van der Waals surface area contributed by atoms with Crippen molar-refractivity contribution >= 4 is 34.2 Å². The van der Waals surface area contributed by atoms with Crippen LogP contribution in [0, 0.1) is 0 Å². The van der Waals surface area contributed by atoms with E-state index in [1.54, 1.807) is 18.2 Å². The molecular weight excluding hydrogens is 391 g/mol. The number of fused-ring (bicyclic) bond motifs is 1. The maximum atomic E-state index is 6.23. The maximum Gasteiger partial charge on any atom is 0.147 e. The van der Waals surface area contributed by atoms with E-state index in [2.05, 4.69) is 29.7 Å². The zero-order valence-electron chi connectivity index (χ0n) is 16.5. The summed E-state index contributed by atoms with van der Waals surface area (Å²) in [5.41, 5.74) is 2.17. The molecule has 0 bridgehead atoms. The predicted octanol–water partition coefficient (Wildman–Crippen LogP) is 7.67. The first-order chi connectivity index (χ1) is 13.7. The number of unbranched alkanes of at least 4 members (excludes halogenated alkanes) is 6. The third-order valence-corrected chi connectivity index (χ3v) is 5.50. The number of benzene rings is 2. The van der Waals surface area contributed by atoms with Gasteiger partial charge in [0.2, 0.25) is 0 Å². The first kappa shape index (κ1) is 21.0. The number of aryl methyl sites for hydroxylation is 1. The van der Waals surface area contributed by atoms with E-state index < -0.39 is 0 Å². The van der Waals surface area contributed by atoms with Crippen LogP contribution in [-0.2, 0) is 13.2 Å². The lowest BCUT2D eigenvalue weighted by atomic mass is 10.1. The van der Waals surface area contributed by atoms with Gasteiger partial charge < -0.3 is 9.30 Å². The van der Waals surface area contributed by atoms with Gasteiger partial charge in [0.1, 0.15) is 18.2 Å². The highest BCUT2D eigenvalue weighted by atomic mass is 35.5. The van der Waals surface area contributed by atoms with Gasteiger partial charge in [0.05, 0.1) is 16.1 Å². The Morgan fingerprint density at radius 1 is 0.929 bits per heavy atom. The number of nitrogens with zero attached hydrogens (tertiary/aromatic N) is 2. The minimum absolute atomic E-state index is 0.381. The maximum absolute atomic E-state index is 6.23. The van der Waals surface area contributed by atoms with E-state index in [0.717, 1.165) is 29.8 Å². The lowest BCUT2D eigenvalue weighted by Crippen LogP contribution is -2.08. The molecule has 3 rings (SSSR count). The average molecular weight is 419 g/mol. The van der Waals surface area contributed by atoms with Gasteiger partial charge in [-0.3, -0.25) is 0 Å². The van der Waals surface area contributed by atoms with Gasteiger partial charge in [-0.05, 0) is 36.8 Å². The molecule has 0 aliphatic heterocycles. The number of rotatable bonds is 11. The molecule has 0 saturated carbocycles. The molecule has 0 saturated heterocycles. The average Bonchev–Trinajstić information content (AvgIpc) is 3.04. The van der Waals surface area contributed by atoms with Crippen molar-refractivity contribution in [1.82, 2.24) is 9.55 Å². The molecule has 3 aromatic rings. The van der Waals surface area contributed by atoms with Crippen LogP contribution in [0.3, 0.4) is 0 Å². The lowest BCUT2D eigenvalue weighted by molar-refractivity contribution is 0.289. The number of aromatic nitrogens is 2. The van der Waals surface area contributed by atoms with Crippen LogP contribution < -0.4 is 4.74 Å². The fraction of sp³-hybridized carbons (Fsp3) is 0.435. The molecule has 1 heterocycles. The molecule has 0 aliphatic carbocycles. The summed E-state index contributed by atoms with van der Waals surface area (Å²) in [6.07, 6.45) is 9.04. The van der Waals surface area contributed by atoms with Gasteiger partial charge in [0, 0.05) is 11.6 Å². The molecule has 2 aromatic carbocycles. The van der Waals surface area contributed by atoms with Gasteiger partial charge >= 0.3 is 0 Å². The van der Waals surface area contributed by atoms with Crippen LogP contribution in [0.1, 0.15) is 57.7 Å². The van der Waals surface area contributed by atoms with Crippen molar-refractivity contribution in [2.45, 2.75) is 65.0 Å². The summed E-state index contributed by atoms with van der Waals surface area (Å²) >= 11 is 12.2. The molecule has 3 nitrogen and oxygen atoms in total. The minimum Gasteiger partial charge on any atom is -0.484 e. The largest absolute Gasteiger partial charge is 0.484 e. The summed E-state index contributed by atoms with van der Waals surface area (Å²) in [7, 11) is 0. The summed E-state index contributed by atoms with van der Waals surface area (Å²) in [5, 5.41) is 1.12. The molecule has 0 N–H and O–H groups in total. The van der Waals surface area contributed by atoms with Gasteiger partial charge in [-0.2, -0.15) is 0 Å². The van der Waals surface area contributed by atoms with E-state index >= 15 is 0 Å². The van der Waals surface area contributed by atoms with Crippen LogP contribution in [0.25, 0.3) is 11.0 Å². The van der Waals surface area contributed by atoms with Crippen LogP contribution in [0.4, 0.5) is 0 Å². The van der Waals surface area contributed by atoms with Crippen LogP contribution in [-0.4, -0.2) is 9.55 Å². The van der Waals surface area contributed by atoms with Crippen LogP contribution in [0.2, 0.25) is 10.0 Å². The highest BCUT2D eigenvalue weighted by molar-refractivity contribution is 6.35. The van der Waals surface area contributed by atoms with Crippen LogP contribution >= 0.6 is 23.2 Å². The summed E-state index contributed by atoms with van der Waals surface area (Å²) in [4.78, 5) is 4.78. The van der Waals surface area contributed by atoms with Gasteiger partial charge in [-0.15, -0.1) is 0 Å². The number of halogens is 2. The number of hydrogen-bond acceptors (Lipinski definition) is 2. The highest BCUT2D eigenvalue weighted by Gasteiger charge is 2.12. The smallest absolute Gasteiger partial charge is 0.147 e. The van der Waals surface area contributed by atoms with Crippen molar-refractivity contribution in [3.05, 3.63) is 58.3 Å². The number of hydrogen-bond donors (Lipinski definition) is 0. The second kappa shape index (κ2) is 10.7. The van der Waals surface area contributed by atoms with Crippen molar-refractivity contribution in [1.29, 1.82) is 0 Å². The Morgan fingerprint density at radius 2 is 1.68 bits per heavy atom. The normalized spacial score (nSPS) is 11.2. The topological polar surface area (TPSA) is 27.1 Å². The fourth-order valence-corrected chi connectivity index (χ4v) is 3.91. The molecule has 0 spiro atoms. The molecular formula is C23H28Cl2N2O. The summed E-state index contributed by atoms with van der Waals surface area (Å²) in [5.74, 6) is 1.55. The molecule has 0 amide bonds. The molecule has 0 radical (unpaired) electrons. The Hall–Kier alpha value is -1.71. The third kappa shape index (κ3) is 5.65. The summed E-state index contributed by atoms with van der Waals surface area (Å²) in [6.45, 7) is 3.60. The van der Waals surface area contributed by atoms with Crippen molar-refractivity contribution in [3.63, 3.8) is 0 Å². The molecule has 0 aliphatic rings. The quantitative estimate of drug-likeness (QED) is 0.298. The Bertz CT molecular complexity index is 891. The Kier molecular flexibility index (Phi) is 8.05. The molecule has 0 unspecified atom stereocenters. The zero-order valence-corrected chi connectivity index (χ0v) is 18.0. The van der Waals surface area contributed by atoms with E-state index in [-0.39, 0.29) is 0 Å². The van der Waals surface area contributed by atoms with Gasteiger partial charge in [-0.25, -0.2) is 4.98 Å². The van der Waals surface area contributed by atoms with Crippen molar-refractivity contribution in [2.24, 2.45) is 0 Å². The Labute approximate surface area is 177 Å². The van der Waals surface area contributed by atoms with E-state index in [1.807, 2.05) is 6.07 Å². The first-order valence-electron chi connectivity index (χ1n) is 10.2. The molecule has 28 heavy (non-hydrogen) atoms. The first-order valence-corrected chi connectivity index (χ1v) is 11.0. The van der Waals surface area contributed by atoms with Crippen LogP contribution in [0.15, 0.2) is 42.5 Å². The second-order valence-electron chi connectivity index (χ2n) is 7.15. The minimum atomic E-state index is 0.381. The molecule has 1 aromatic heterocycles. The monoisotopic (exact) mass is 418 g/mol. The molecule has 5 heteroatoms. The molecule has 150 valence electrons. The van der Waals surface area contributed by atoms with Crippen molar-refractivity contribution < 1.29 is 4.74 Å². The third-order valence-electron chi connectivity index (χ3n) is 4.97. The zero-order chi connectivity index (χ0) is 19.8. The summed E-state index contributed by atoms with van der Waals surface area (Å²) in [6, 6.07) is 13.5. The van der Waals surface area contributed by atoms with E-state index in [0.29, 0.717) is 22.4 Å². The van der Waals surface area contributed by atoms with E-state index in [4.69, 9.17) is 32.9 Å². The number of ether oxygens (including phenoxy) is 1. The standard InChI is InChI=1S/C23H28Cl2N2O/c1-2-3-4-5-6-7-10-15-27-21-12-9-8-11-20(21)26-23(27)17-28-22-14-13-18(24)16-19(22)25/h8-9,11-14,16H,2-7,10,15,17H2,1H3. The fourth-order valence-electron chi connectivity index (χ4n) is 3.45. The SMILES string of the molecule is CCCCCCCCCn1c(COc2ccc(Cl)cc2Cl)nc2ccccc21. The second-order valence-corrected chi connectivity index (χ2v) is 8.00. The van der Waals surface area contributed by atoms with E-state index in [1.165, 1.54) is 38.5 Å². The van der Waals surface area contributed by atoms with Gasteiger partial charge in [-0.1, -0.05) is 80.8 Å². The Morgan fingerprint density at radius 3 is 2.46 bits per heavy atom. The van der Waals surface area contributed by atoms with Gasteiger partial charge in [0.25, 0.3) is 0 Å².